The fourth-order valence-corrected chi connectivity index (χ4v) is 2.44. The number of benzene rings is 2. The summed E-state index contributed by atoms with van der Waals surface area (Å²) in [6.07, 6.45) is 1.97. The molecule has 0 saturated carbocycles. The Morgan fingerprint density at radius 1 is 1.12 bits per heavy atom. The summed E-state index contributed by atoms with van der Waals surface area (Å²) < 4.78 is 0. The molecule has 0 unspecified atom stereocenters. The molecule has 0 spiro atoms. The van der Waals surface area contributed by atoms with Crippen LogP contribution in [-0.2, 0) is 4.79 Å². The fraction of sp³-hybridized carbons (Fsp3) is 0. The standard InChI is InChI=1S/C18H15N5O2/c19-9-12(10-20)17(24)21-13-7-5-11(6-8-13)16-14-3-1-2-4-15(14)18(25)23-22-16/h1-10,19H,20H2,(H,21,24)(H,23,25)/b12-10+,19-9?. The number of hydrogen-bond donors (Lipinski definition) is 4. The Kier molecular flexibility index (Phi) is 4.38. The number of nitrogens with one attached hydrogen (secondary N) is 3. The first-order chi connectivity index (χ1) is 12.1. The summed E-state index contributed by atoms with van der Waals surface area (Å²) in [6.45, 7) is 0. The van der Waals surface area contributed by atoms with Gasteiger partial charge in [0.05, 0.1) is 16.7 Å². The van der Waals surface area contributed by atoms with Gasteiger partial charge in [-0.2, -0.15) is 5.10 Å². The Bertz CT molecular complexity index is 1040. The van der Waals surface area contributed by atoms with Crippen LogP contribution in [-0.4, -0.2) is 22.3 Å². The third-order valence-corrected chi connectivity index (χ3v) is 3.71. The molecule has 1 amide bonds. The number of hydrogen-bond acceptors (Lipinski definition) is 5. The van der Waals surface area contributed by atoms with E-state index in [4.69, 9.17) is 11.1 Å². The van der Waals surface area contributed by atoms with Crippen molar-refractivity contribution in [3.8, 4) is 11.3 Å². The fourth-order valence-electron chi connectivity index (χ4n) is 2.44. The van der Waals surface area contributed by atoms with Gasteiger partial charge in [0.1, 0.15) is 0 Å². The number of carbonyl (C=O) groups is 1. The Labute approximate surface area is 142 Å². The molecule has 25 heavy (non-hydrogen) atoms. The van der Waals surface area contributed by atoms with Gasteiger partial charge in [-0.1, -0.05) is 30.3 Å². The third kappa shape index (κ3) is 3.16. The van der Waals surface area contributed by atoms with E-state index < -0.39 is 5.91 Å². The minimum Gasteiger partial charge on any atom is -0.404 e. The number of carbonyl (C=O) groups excluding carboxylic acids is 1. The first-order valence-corrected chi connectivity index (χ1v) is 7.45. The average Bonchev–Trinajstić information content (AvgIpc) is 2.64. The highest BCUT2D eigenvalue weighted by atomic mass is 16.1. The number of anilines is 1. The lowest BCUT2D eigenvalue weighted by atomic mass is 10.0. The predicted molar refractivity (Wildman–Crippen MR) is 97.5 cm³/mol. The number of aromatic nitrogens is 2. The van der Waals surface area contributed by atoms with E-state index in [1.54, 1.807) is 36.4 Å². The van der Waals surface area contributed by atoms with Crippen molar-refractivity contribution in [2.75, 3.05) is 5.32 Å². The van der Waals surface area contributed by atoms with Crippen molar-refractivity contribution in [3.05, 3.63) is 70.7 Å². The molecule has 5 N–H and O–H groups in total. The SMILES string of the molecule is N=C/C(=C\N)C(=O)Nc1ccc(-c2n[nH]c(=O)c3ccccc23)cc1. The summed E-state index contributed by atoms with van der Waals surface area (Å²) in [5.74, 6) is -0.460. The van der Waals surface area contributed by atoms with Gasteiger partial charge in [0.15, 0.2) is 0 Å². The lowest BCUT2D eigenvalue weighted by molar-refractivity contribution is -0.112. The quantitative estimate of drug-likeness (QED) is 0.430. The van der Waals surface area contributed by atoms with E-state index in [0.717, 1.165) is 23.4 Å². The summed E-state index contributed by atoms with van der Waals surface area (Å²) in [5.41, 5.74) is 7.12. The van der Waals surface area contributed by atoms with Crippen molar-refractivity contribution in [2.45, 2.75) is 0 Å². The van der Waals surface area contributed by atoms with E-state index >= 15 is 0 Å². The number of nitrogens with two attached hydrogens (primary N) is 1. The van der Waals surface area contributed by atoms with Crippen molar-refractivity contribution in [1.29, 1.82) is 5.41 Å². The van der Waals surface area contributed by atoms with E-state index in [9.17, 15) is 9.59 Å². The van der Waals surface area contributed by atoms with Crippen LogP contribution in [0.4, 0.5) is 5.69 Å². The second kappa shape index (κ2) is 6.79. The minimum absolute atomic E-state index is 0.0670. The normalized spacial score (nSPS) is 11.3. The number of amides is 1. The Hall–Kier alpha value is -3.74. The van der Waals surface area contributed by atoms with Crippen molar-refractivity contribution < 1.29 is 4.79 Å². The Balaban J connectivity index is 1.94. The van der Waals surface area contributed by atoms with E-state index in [1.807, 2.05) is 12.1 Å². The van der Waals surface area contributed by atoms with Gasteiger partial charge >= 0.3 is 0 Å². The van der Waals surface area contributed by atoms with Gasteiger partial charge < -0.3 is 16.5 Å². The zero-order chi connectivity index (χ0) is 17.8. The molecule has 7 heteroatoms. The summed E-state index contributed by atoms with van der Waals surface area (Å²) in [4.78, 5) is 23.7. The van der Waals surface area contributed by atoms with Gasteiger partial charge in [-0.3, -0.25) is 9.59 Å². The molecule has 3 aromatic rings. The van der Waals surface area contributed by atoms with Crippen LogP contribution in [0.25, 0.3) is 22.0 Å². The highest BCUT2D eigenvalue weighted by Gasteiger charge is 2.10. The molecule has 124 valence electrons. The van der Waals surface area contributed by atoms with E-state index in [0.29, 0.717) is 16.8 Å². The zero-order valence-corrected chi connectivity index (χ0v) is 13.1. The molecule has 1 aromatic heterocycles. The first kappa shape index (κ1) is 16.1. The number of fused-ring (bicyclic) bond motifs is 1. The van der Waals surface area contributed by atoms with Gasteiger partial charge in [0.2, 0.25) is 0 Å². The lowest BCUT2D eigenvalue weighted by Gasteiger charge is -2.08. The molecule has 1 heterocycles. The van der Waals surface area contributed by atoms with Gasteiger partial charge in [-0.25, -0.2) is 5.10 Å². The average molecular weight is 333 g/mol. The Morgan fingerprint density at radius 3 is 2.44 bits per heavy atom. The molecule has 0 bridgehead atoms. The molecular weight excluding hydrogens is 318 g/mol. The van der Waals surface area contributed by atoms with Crippen LogP contribution < -0.4 is 16.6 Å². The zero-order valence-electron chi connectivity index (χ0n) is 13.1. The maximum Gasteiger partial charge on any atom is 0.272 e. The van der Waals surface area contributed by atoms with Crippen molar-refractivity contribution in [3.63, 3.8) is 0 Å². The van der Waals surface area contributed by atoms with Crippen molar-refractivity contribution in [2.24, 2.45) is 5.73 Å². The molecular formula is C18H15N5O2. The summed E-state index contributed by atoms with van der Waals surface area (Å²) in [7, 11) is 0. The minimum atomic E-state index is -0.460. The molecule has 3 rings (SSSR count). The molecule has 0 saturated heterocycles. The van der Waals surface area contributed by atoms with E-state index in [-0.39, 0.29) is 11.1 Å². The topological polar surface area (TPSA) is 125 Å². The van der Waals surface area contributed by atoms with Crippen LogP contribution in [0.3, 0.4) is 0 Å². The number of rotatable bonds is 4. The third-order valence-electron chi connectivity index (χ3n) is 3.71. The number of nitrogens with zero attached hydrogens (tertiary/aromatic N) is 1. The molecule has 7 nitrogen and oxygen atoms in total. The number of H-pyrrole nitrogens is 1. The van der Waals surface area contributed by atoms with Crippen LogP contribution in [0.5, 0.6) is 0 Å². The van der Waals surface area contributed by atoms with Gasteiger partial charge in [0.25, 0.3) is 11.5 Å². The van der Waals surface area contributed by atoms with Gasteiger partial charge in [0, 0.05) is 29.1 Å². The van der Waals surface area contributed by atoms with Gasteiger partial charge in [-0.15, -0.1) is 0 Å². The van der Waals surface area contributed by atoms with Crippen LogP contribution in [0.2, 0.25) is 0 Å². The van der Waals surface area contributed by atoms with E-state index in [1.165, 1.54) is 0 Å². The highest BCUT2D eigenvalue weighted by molar-refractivity contribution is 6.17. The molecule has 0 fully saturated rings. The van der Waals surface area contributed by atoms with Gasteiger partial charge in [-0.05, 0) is 18.2 Å². The predicted octanol–water partition coefficient (Wildman–Crippen LogP) is 2.02. The summed E-state index contributed by atoms with van der Waals surface area (Å²) in [6, 6.07) is 14.2. The molecule has 0 aliphatic rings. The lowest BCUT2D eigenvalue weighted by Crippen LogP contribution is -2.16. The molecule has 0 aliphatic heterocycles. The molecule has 0 radical (unpaired) electrons. The monoisotopic (exact) mass is 333 g/mol. The van der Waals surface area contributed by atoms with Crippen LogP contribution in [0, 0.1) is 5.41 Å². The van der Waals surface area contributed by atoms with E-state index in [2.05, 4.69) is 15.5 Å². The maximum atomic E-state index is 11.9. The second-order valence-corrected chi connectivity index (χ2v) is 5.24. The number of aromatic amines is 1. The van der Waals surface area contributed by atoms with Crippen LogP contribution in [0.1, 0.15) is 0 Å². The molecule has 0 atom stereocenters. The van der Waals surface area contributed by atoms with Crippen molar-refractivity contribution >= 4 is 28.6 Å². The molecule has 0 aliphatic carbocycles. The van der Waals surface area contributed by atoms with Crippen LogP contribution in [0.15, 0.2) is 65.1 Å². The summed E-state index contributed by atoms with van der Waals surface area (Å²) >= 11 is 0. The maximum absolute atomic E-state index is 11.9. The van der Waals surface area contributed by atoms with Crippen molar-refractivity contribution in [1.82, 2.24) is 10.2 Å². The summed E-state index contributed by atoms with van der Waals surface area (Å²) in [5, 5.41) is 17.7. The smallest absolute Gasteiger partial charge is 0.272 e. The largest absolute Gasteiger partial charge is 0.404 e. The van der Waals surface area contributed by atoms with Crippen LogP contribution >= 0.6 is 0 Å². The Morgan fingerprint density at radius 2 is 1.80 bits per heavy atom. The first-order valence-electron chi connectivity index (χ1n) is 7.45. The highest BCUT2D eigenvalue weighted by Crippen LogP contribution is 2.25. The molecule has 2 aromatic carbocycles. The second-order valence-electron chi connectivity index (χ2n) is 5.24.